The molecule has 4 rings (SSSR count). The standard InChI is InChI=1S/C19H15BrN4O4/c1-23(2)19-21-7-11-14(22-19)16(26)13-12(15(11)25)17(27)24(18(13)28)8-9-4-3-5-10(20)6-9/h3-7,27-28H,8H2,1-2H3. The molecule has 28 heavy (non-hydrogen) atoms. The Balaban J connectivity index is 1.86. The normalized spacial score (nSPS) is 12.7. The van der Waals surface area contributed by atoms with Crippen molar-refractivity contribution in [2.45, 2.75) is 6.54 Å². The summed E-state index contributed by atoms with van der Waals surface area (Å²) in [5.41, 5.74) is 0.197. The zero-order chi connectivity index (χ0) is 20.2. The number of hydrogen-bond acceptors (Lipinski definition) is 7. The smallest absolute Gasteiger partial charge is 0.225 e. The van der Waals surface area contributed by atoms with Crippen LogP contribution in [-0.2, 0) is 6.54 Å². The highest BCUT2D eigenvalue weighted by Crippen LogP contribution is 2.40. The molecule has 2 aromatic heterocycles. The number of fused-ring (bicyclic) bond motifs is 2. The van der Waals surface area contributed by atoms with E-state index in [2.05, 4.69) is 25.9 Å². The van der Waals surface area contributed by atoms with E-state index < -0.39 is 23.3 Å². The lowest BCUT2D eigenvalue weighted by atomic mass is 9.90. The third-order valence-corrected chi connectivity index (χ3v) is 5.02. The fraction of sp³-hybridized carbons (Fsp3) is 0.158. The Hall–Kier alpha value is -3.20. The molecule has 0 radical (unpaired) electrons. The van der Waals surface area contributed by atoms with Crippen LogP contribution < -0.4 is 4.90 Å². The lowest BCUT2D eigenvalue weighted by Gasteiger charge is -2.16. The van der Waals surface area contributed by atoms with Gasteiger partial charge in [0.1, 0.15) is 11.3 Å². The minimum atomic E-state index is -0.629. The Morgan fingerprint density at radius 1 is 1.11 bits per heavy atom. The monoisotopic (exact) mass is 442 g/mol. The highest BCUT2D eigenvalue weighted by molar-refractivity contribution is 9.10. The van der Waals surface area contributed by atoms with Crippen LogP contribution in [0.2, 0.25) is 0 Å². The predicted octanol–water partition coefficient (Wildman–Crippen LogP) is 2.34. The summed E-state index contributed by atoms with van der Waals surface area (Å²) < 4.78 is 1.96. The maximum Gasteiger partial charge on any atom is 0.225 e. The van der Waals surface area contributed by atoms with E-state index >= 15 is 0 Å². The molecule has 0 bridgehead atoms. The SMILES string of the molecule is CN(C)c1ncc2c(n1)C(=O)c1c(c(O)n(Cc3cccc(Br)c3)c1O)C2=O. The highest BCUT2D eigenvalue weighted by atomic mass is 79.9. The van der Waals surface area contributed by atoms with Crippen molar-refractivity contribution in [1.29, 1.82) is 0 Å². The van der Waals surface area contributed by atoms with Crippen LogP contribution in [0.4, 0.5) is 5.95 Å². The molecule has 0 spiro atoms. The van der Waals surface area contributed by atoms with Crippen LogP contribution in [-0.4, -0.2) is 50.4 Å². The zero-order valence-corrected chi connectivity index (χ0v) is 16.6. The number of carbonyl (C=O) groups excluding carboxylic acids is 2. The Bertz CT molecular complexity index is 1150. The van der Waals surface area contributed by atoms with Gasteiger partial charge in [0.25, 0.3) is 0 Å². The number of ketones is 2. The van der Waals surface area contributed by atoms with Gasteiger partial charge in [0.05, 0.1) is 17.7 Å². The number of carbonyl (C=O) groups is 2. The van der Waals surface area contributed by atoms with Crippen molar-refractivity contribution in [2.75, 3.05) is 19.0 Å². The first-order valence-corrected chi connectivity index (χ1v) is 9.11. The third-order valence-electron chi connectivity index (χ3n) is 4.53. The minimum Gasteiger partial charge on any atom is -0.494 e. The third kappa shape index (κ3) is 2.66. The molecule has 3 aromatic rings. The van der Waals surface area contributed by atoms with Crippen LogP contribution in [0.25, 0.3) is 0 Å². The number of anilines is 1. The van der Waals surface area contributed by atoms with Gasteiger partial charge in [-0.3, -0.25) is 14.2 Å². The van der Waals surface area contributed by atoms with E-state index in [9.17, 15) is 19.8 Å². The second-order valence-corrected chi connectivity index (χ2v) is 7.51. The zero-order valence-electron chi connectivity index (χ0n) is 15.0. The first-order chi connectivity index (χ1) is 13.3. The van der Waals surface area contributed by atoms with Crippen LogP contribution in [0.5, 0.6) is 11.8 Å². The van der Waals surface area contributed by atoms with Gasteiger partial charge < -0.3 is 15.1 Å². The van der Waals surface area contributed by atoms with Gasteiger partial charge in [0.2, 0.25) is 29.3 Å². The van der Waals surface area contributed by atoms with Crippen LogP contribution in [0.15, 0.2) is 34.9 Å². The van der Waals surface area contributed by atoms with Crippen LogP contribution in [0, 0.1) is 0 Å². The topological polar surface area (TPSA) is 109 Å². The van der Waals surface area contributed by atoms with Crippen molar-refractivity contribution in [3.8, 4) is 11.8 Å². The molecular weight excluding hydrogens is 428 g/mol. The summed E-state index contributed by atoms with van der Waals surface area (Å²) in [5.74, 6) is -1.90. The maximum atomic E-state index is 13.0. The van der Waals surface area contributed by atoms with Gasteiger partial charge in [0.15, 0.2) is 0 Å². The Kier molecular flexibility index (Phi) is 4.19. The molecule has 142 valence electrons. The maximum absolute atomic E-state index is 13.0. The number of aromatic nitrogens is 3. The molecule has 0 saturated carbocycles. The van der Waals surface area contributed by atoms with E-state index in [4.69, 9.17) is 0 Å². The van der Waals surface area contributed by atoms with Crippen molar-refractivity contribution in [1.82, 2.24) is 14.5 Å². The van der Waals surface area contributed by atoms with E-state index in [1.54, 1.807) is 31.1 Å². The van der Waals surface area contributed by atoms with Crippen molar-refractivity contribution >= 4 is 33.4 Å². The van der Waals surface area contributed by atoms with Crippen molar-refractivity contribution < 1.29 is 19.8 Å². The largest absolute Gasteiger partial charge is 0.494 e. The van der Waals surface area contributed by atoms with Gasteiger partial charge in [-0.25, -0.2) is 9.97 Å². The minimum absolute atomic E-state index is 0.00185. The first-order valence-electron chi connectivity index (χ1n) is 8.32. The fourth-order valence-electron chi connectivity index (χ4n) is 3.17. The fourth-order valence-corrected chi connectivity index (χ4v) is 3.62. The molecule has 9 heteroatoms. The summed E-state index contributed by atoms with van der Waals surface area (Å²) in [6.07, 6.45) is 1.27. The molecule has 0 unspecified atom stereocenters. The van der Waals surface area contributed by atoms with Gasteiger partial charge in [0, 0.05) is 24.8 Å². The number of hydrogen-bond donors (Lipinski definition) is 2. The molecule has 2 N–H and O–H groups in total. The average molecular weight is 443 g/mol. The molecule has 0 amide bonds. The summed E-state index contributed by atoms with van der Waals surface area (Å²) >= 11 is 3.36. The number of halogens is 1. The lowest BCUT2D eigenvalue weighted by molar-refractivity contribution is 0.0972. The predicted molar refractivity (Wildman–Crippen MR) is 104 cm³/mol. The van der Waals surface area contributed by atoms with Crippen LogP contribution in [0.1, 0.15) is 37.5 Å². The van der Waals surface area contributed by atoms with Gasteiger partial charge in [-0.05, 0) is 17.7 Å². The second-order valence-electron chi connectivity index (χ2n) is 6.60. The molecule has 8 nitrogen and oxygen atoms in total. The van der Waals surface area contributed by atoms with Gasteiger partial charge in [-0.15, -0.1) is 0 Å². The average Bonchev–Trinajstić information content (AvgIpc) is 2.91. The molecule has 0 fully saturated rings. The van der Waals surface area contributed by atoms with Crippen molar-refractivity contribution in [3.63, 3.8) is 0 Å². The van der Waals surface area contributed by atoms with E-state index in [-0.39, 0.29) is 34.9 Å². The summed E-state index contributed by atoms with van der Waals surface area (Å²) in [5, 5.41) is 21.3. The lowest BCUT2D eigenvalue weighted by Crippen LogP contribution is -2.24. The molecule has 0 aliphatic heterocycles. The van der Waals surface area contributed by atoms with Gasteiger partial charge in [-0.2, -0.15) is 0 Å². The Morgan fingerprint density at radius 2 is 1.79 bits per heavy atom. The second kappa shape index (κ2) is 6.45. The van der Waals surface area contributed by atoms with Gasteiger partial charge >= 0.3 is 0 Å². The Morgan fingerprint density at radius 3 is 2.43 bits per heavy atom. The van der Waals surface area contributed by atoms with Gasteiger partial charge in [-0.1, -0.05) is 28.1 Å². The molecule has 0 atom stereocenters. The van der Waals surface area contributed by atoms with E-state index in [0.717, 1.165) is 14.6 Å². The molecule has 1 aliphatic rings. The number of rotatable bonds is 3. The van der Waals surface area contributed by atoms with E-state index in [0.29, 0.717) is 0 Å². The number of nitrogens with zero attached hydrogens (tertiary/aromatic N) is 4. The molecule has 2 heterocycles. The molecule has 1 aromatic carbocycles. The van der Waals surface area contributed by atoms with Crippen LogP contribution in [0.3, 0.4) is 0 Å². The first kappa shape index (κ1) is 18.2. The quantitative estimate of drug-likeness (QED) is 0.501. The number of benzene rings is 1. The number of aromatic hydroxyl groups is 2. The summed E-state index contributed by atoms with van der Waals surface area (Å²) in [4.78, 5) is 35.7. The molecule has 0 saturated heterocycles. The van der Waals surface area contributed by atoms with E-state index in [1.165, 1.54) is 6.20 Å². The van der Waals surface area contributed by atoms with Crippen LogP contribution >= 0.6 is 15.9 Å². The van der Waals surface area contributed by atoms with Crippen molar-refractivity contribution in [3.05, 3.63) is 62.9 Å². The van der Waals surface area contributed by atoms with Crippen molar-refractivity contribution in [2.24, 2.45) is 0 Å². The summed E-state index contributed by atoms with van der Waals surface area (Å²) in [7, 11) is 3.42. The summed E-state index contributed by atoms with van der Waals surface area (Å²) in [6, 6.07) is 7.26. The van der Waals surface area contributed by atoms with E-state index in [1.807, 2.05) is 12.1 Å². The highest BCUT2D eigenvalue weighted by Gasteiger charge is 2.40. The molecule has 1 aliphatic carbocycles. The molecular formula is C19H15BrN4O4. The Labute approximate surface area is 168 Å². The summed E-state index contributed by atoms with van der Waals surface area (Å²) in [6.45, 7) is 0.0790.